The van der Waals surface area contributed by atoms with Crippen molar-refractivity contribution in [2.24, 2.45) is 5.92 Å². The number of carbonyl (C=O) groups excluding carboxylic acids is 1. The quantitative estimate of drug-likeness (QED) is 0.852. The second kappa shape index (κ2) is 6.15. The lowest BCUT2D eigenvalue weighted by atomic mass is 9.92. The Hall–Kier alpha value is -1.42. The SMILES string of the molecule is CC(=O)c1ccc(CCC2CCOCC2)c(F)c1O. The number of Topliss-reactive ketones (excluding diaryl/α,β-unsaturated/α-hetero) is 1. The molecule has 1 aliphatic rings. The van der Waals surface area contributed by atoms with E-state index in [-0.39, 0.29) is 11.3 Å². The van der Waals surface area contributed by atoms with Crippen LogP contribution in [0.15, 0.2) is 12.1 Å². The van der Waals surface area contributed by atoms with Crippen LogP contribution in [0, 0.1) is 11.7 Å². The molecule has 0 atom stereocenters. The van der Waals surface area contributed by atoms with Crippen LogP contribution in [0.3, 0.4) is 0 Å². The smallest absolute Gasteiger partial charge is 0.168 e. The van der Waals surface area contributed by atoms with Gasteiger partial charge in [-0.25, -0.2) is 4.39 Å². The fraction of sp³-hybridized carbons (Fsp3) is 0.533. The maximum absolute atomic E-state index is 13.9. The molecule has 4 heteroatoms. The van der Waals surface area contributed by atoms with Gasteiger partial charge in [0.1, 0.15) is 0 Å². The number of aromatic hydroxyl groups is 1. The molecule has 104 valence electrons. The van der Waals surface area contributed by atoms with E-state index < -0.39 is 11.6 Å². The van der Waals surface area contributed by atoms with Crippen LogP contribution in [0.25, 0.3) is 0 Å². The van der Waals surface area contributed by atoms with Gasteiger partial charge in [-0.3, -0.25) is 4.79 Å². The topological polar surface area (TPSA) is 46.5 Å². The average molecular weight is 266 g/mol. The molecule has 0 unspecified atom stereocenters. The van der Waals surface area contributed by atoms with Gasteiger partial charge in [0.15, 0.2) is 17.3 Å². The van der Waals surface area contributed by atoms with Gasteiger partial charge in [0.2, 0.25) is 0 Å². The van der Waals surface area contributed by atoms with Crippen molar-refractivity contribution in [1.82, 2.24) is 0 Å². The highest BCUT2D eigenvalue weighted by Gasteiger charge is 2.18. The van der Waals surface area contributed by atoms with Crippen molar-refractivity contribution in [2.45, 2.75) is 32.6 Å². The molecular weight excluding hydrogens is 247 g/mol. The minimum Gasteiger partial charge on any atom is -0.504 e. The summed E-state index contributed by atoms with van der Waals surface area (Å²) < 4.78 is 19.2. The van der Waals surface area contributed by atoms with Crippen molar-refractivity contribution in [2.75, 3.05) is 13.2 Å². The van der Waals surface area contributed by atoms with Crippen LogP contribution in [0.2, 0.25) is 0 Å². The molecule has 0 amide bonds. The second-order valence-electron chi connectivity index (χ2n) is 5.09. The molecule has 0 aromatic heterocycles. The Kier molecular flexibility index (Phi) is 4.53. The number of benzene rings is 1. The highest BCUT2D eigenvalue weighted by molar-refractivity contribution is 5.96. The molecule has 1 aromatic rings. The van der Waals surface area contributed by atoms with Crippen LogP contribution < -0.4 is 0 Å². The van der Waals surface area contributed by atoms with Gasteiger partial charge in [0.25, 0.3) is 0 Å². The molecule has 0 saturated carbocycles. The molecule has 1 heterocycles. The van der Waals surface area contributed by atoms with E-state index in [0.717, 1.165) is 32.5 Å². The second-order valence-corrected chi connectivity index (χ2v) is 5.09. The normalized spacial score (nSPS) is 16.5. The summed E-state index contributed by atoms with van der Waals surface area (Å²) in [5.74, 6) is -0.938. The van der Waals surface area contributed by atoms with Crippen molar-refractivity contribution in [3.05, 3.63) is 29.1 Å². The molecule has 0 spiro atoms. The van der Waals surface area contributed by atoms with Crippen LogP contribution in [0.5, 0.6) is 5.75 Å². The van der Waals surface area contributed by atoms with Gasteiger partial charge >= 0.3 is 0 Å². The van der Waals surface area contributed by atoms with Gasteiger partial charge < -0.3 is 9.84 Å². The number of phenols is 1. The zero-order chi connectivity index (χ0) is 13.8. The van der Waals surface area contributed by atoms with E-state index in [0.29, 0.717) is 17.9 Å². The fourth-order valence-electron chi connectivity index (χ4n) is 2.48. The van der Waals surface area contributed by atoms with E-state index in [1.54, 1.807) is 6.07 Å². The highest BCUT2D eigenvalue weighted by Crippen LogP contribution is 2.27. The Morgan fingerprint density at radius 1 is 1.42 bits per heavy atom. The molecule has 2 rings (SSSR count). The Bertz CT molecular complexity index is 465. The summed E-state index contributed by atoms with van der Waals surface area (Å²) >= 11 is 0. The van der Waals surface area contributed by atoms with E-state index >= 15 is 0 Å². The van der Waals surface area contributed by atoms with Gasteiger partial charge in [-0.1, -0.05) is 6.07 Å². The summed E-state index contributed by atoms with van der Waals surface area (Å²) in [6.45, 7) is 2.87. The summed E-state index contributed by atoms with van der Waals surface area (Å²) in [6, 6.07) is 3.10. The number of rotatable bonds is 4. The summed E-state index contributed by atoms with van der Waals surface area (Å²) in [7, 11) is 0. The minimum atomic E-state index is -0.653. The lowest BCUT2D eigenvalue weighted by Gasteiger charge is -2.22. The number of ether oxygens (including phenoxy) is 1. The van der Waals surface area contributed by atoms with Crippen molar-refractivity contribution >= 4 is 5.78 Å². The summed E-state index contributed by atoms with van der Waals surface area (Å²) in [5, 5.41) is 9.67. The van der Waals surface area contributed by atoms with Crippen LogP contribution in [0.1, 0.15) is 42.1 Å². The van der Waals surface area contributed by atoms with E-state index in [1.165, 1.54) is 13.0 Å². The number of halogens is 1. The Morgan fingerprint density at radius 3 is 2.74 bits per heavy atom. The molecule has 19 heavy (non-hydrogen) atoms. The number of ketones is 1. The summed E-state index contributed by atoms with van der Waals surface area (Å²) in [5.41, 5.74) is 0.529. The molecule has 0 bridgehead atoms. The molecule has 1 saturated heterocycles. The van der Waals surface area contributed by atoms with Gasteiger partial charge in [0.05, 0.1) is 5.56 Å². The number of aryl methyl sites for hydroxylation is 1. The van der Waals surface area contributed by atoms with Crippen molar-refractivity contribution in [1.29, 1.82) is 0 Å². The van der Waals surface area contributed by atoms with Crippen molar-refractivity contribution in [3.8, 4) is 5.75 Å². The van der Waals surface area contributed by atoms with Gasteiger partial charge in [-0.05, 0) is 50.2 Å². The molecule has 1 N–H and O–H groups in total. The average Bonchev–Trinajstić information content (AvgIpc) is 2.41. The highest BCUT2D eigenvalue weighted by atomic mass is 19.1. The monoisotopic (exact) mass is 266 g/mol. The third-order valence-electron chi connectivity index (χ3n) is 3.74. The zero-order valence-electron chi connectivity index (χ0n) is 11.1. The molecule has 1 aliphatic heterocycles. The van der Waals surface area contributed by atoms with Crippen LogP contribution in [-0.4, -0.2) is 24.1 Å². The number of carbonyl (C=O) groups is 1. The zero-order valence-corrected chi connectivity index (χ0v) is 11.1. The molecule has 0 radical (unpaired) electrons. The molecular formula is C15H19FO3. The first kappa shape index (κ1) is 14.0. The standard InChI is InChI=1S/C15H19FO3/c1-10(17)13-5-4-12(14(16)15(13)18)3-2-11-6-8-19-9-7-11/h4-5,11,18H,2-3,6-9H2,1H3. The molecule has 3 nitrogen and oxygen atoms in total. The predicted molar refractivity (Wildman–Crippen MR) is 69.9 cm³/mol. The number of phenolic OH excluding ortho intramolecular Hbond substituents is 1. The van der Waals surface area contributed by atoms with E-state index in [4.69, 9.17) is 4.74 Å². The van der Waals surface area contributed by atoms with Gasteiger partial charge in [0, 0.05) is 13.2 Å². The lowest BCUT2D eigenvalue weighted by Crippen LogP contribution is -2.16. The van der Waals surface area contributed by atoms with E-state index in [9.17, 15) is 14.3 Å². The number of hydrogen-bond donors (Lipinski definition) is 1. The van der Waals surface area contributed by atoms with Crippen LogP contribution >= 0.6 is 0 Å². The first-order chi connectivity index (χ1) is 9.09. The third-order valence-corrected chi connectivity index (χ3v) is 3.74. The van der Waals surface area contributed by atoms with Gasteiger partial charge in [-0.15, -0.1) is 0 Å². The van der Waals surface area contributed by atoms with Crippen molar-refractivity contribution in [3.63, 3.8) is 0 Å². The molecule has 1 aromatic carbocycles. The Balaban J connectivity index is 2.04. The summed E-state index contributed by atoms with van der Waals surface area (Å²) in [6.07, 6.45) is 3.50. The van der Waals surface area contributed by atoms with Crippen LogP contribution in [0.4, 0.5) is 4.39 Å². The first-order valence-corrected chi connectivity index (χ1v) is 6.68. The maximum Gasteiger partial charge on any atom is 0.168 e. The summed E-state index contributed by atoms with van der Waals surface area (Å²) in [4.78, 5) is 11.2. The fourth-order valence-corrected chi connectivity index (χ4v) is 2.48. The van der Waals surface area contributed by atoms with Crippen molar-refractivity contribution < 1.29 is 19.0 Å². The third kappa shape index (κ3) is 3.32. The van der Waals surface area contributed by atoms with Crippen LogP contribution in [-0.2, 0) is 11.2 Å². The largest absolute Gasteiger partial charge is 0.504 e. The maximum atomic E-state index is 13.9. The Morgan fingerprint density at radius 2 is 2.11 bits per heavy atom. The lowest BCUT2D eigenvalue weighted by molar-refractivity contribution is 0.0639. The molecule has 0 aliphatic carbocycles. The first-order valence-electron chi connectivity index (χ1n) is 6.68. The van der Waals surface area contributed by atoms with E-state index in [2.05, 4.69) is 0 Å². The predicted octanol–water partition coefficient (Wildman–Crippen LogP) is 3.09. The van der Waals surface area contributed by atoms with E-state index in [1.807, 2.05) is 0 Å². The Labute approximate surface area is 112 Å². The van der Waals surface area contributed by atoms with Gasteiger partial charge in [-0.2, -0.15) is 0 Å². The number of hydrogen-bond acceptors (Lipinski definition) is 3. The minimum absolute atomic E-state index is 0.0484. The molecule has 1 fully saturated rings.